The minimum absolute atomic E-state index is 0.0666. The number of benzene rings is 2. The van der Waals surface area contributed by atoms with Gasteiger partial charge in [-0.2, -0.15) is 4.31 Å². The van der Waals surface area contributed by atoms with Crippen molar-refractivity contribution in [2.45, 2.75) is 50.2 Å². The van der Waals surface area contributed by atoms with Crippen molar-refractivity contribution in [2.75, 3.05) is 18.4 Å². The van der Waals surface area contributed by atoms with Crippen LogP contribution in [0.25, 0.3) is 0 Å². The molecule has 202 valence electrons. The molecule has 1 aliphatic rings. The summed E-state index contributed by atoms with van der Waals surface area (Å²) in [4.78, 5) is 24.0. The average Bonchev–Trinajstić information content (AvgIpc) is 2.86. The van der Waals surface area contributed by atoms with Gasteiger partial charge in [0.25, 0.3) is 5.91 Å². The first kappa shape index (κ1) is 28.5. The molecule has 1 saturated heterocycles. The van der Waals surface area contributed by atoms with E-state index in [2.05, 4.69) is 5.32 Å². The Morgan fingerprint density at radius 2 is 1.68 bits per heavy atom. The maximum atomic E-state index is 14.5. The Hall–Kier alpha value is -3.03. The number of nitrogens with one attached hydrogen (secondary N) is 1. The zero-order chi connectivity index (χ0) is 27.5. The zero-order valence-corrected chi connectivity index (χ0v) is 21.0. The maximum absolute atomic E-state index is 14.5. The van der Waals surface area contributed by atoms with Gasteiger partial charge in [0, 0.05) is 36.5 Å². The molecule has 0 spiro atoms. The third kappa shape index (κ3) is 6.46. The summed E-state index contributed by atoms with van der Waals surface area (Å²) in [6, 6.07) is 2.87. The molecule has 2 atom stereocenters. The molecule has 1 heterocycles. The largest absolute Gasteiger partial charge is 0.461 e. The van der Waals surface area contributed by atoms with E-state index in [0.29, 0.717) is 18.6 Å². The van der Waals surface area contributed by atoms with Crippen LogP contribution in [0.15, 0.2) is 35.2 Å². The second-order valence-electron chi connectivity index (χ2n) is 8.80. The van der Waals surface area contributed by atoms with Crippen LogP contribution in [-0.4, -0.2) is 49.8 Å². The summed E-state index contributed by atoms with van der Waals surface area (Å²) in [5.41, 5.74) is 5.15. The number of carbonyl (C=O) groups excluding carboxylic acids is 2. The molecule has 37 heavy (non-hydrogen) atoms. The van der Waals surface area contributed by atoms with Crippen LogP contribution in [0.1, 0.15) is 43.5 Å². The maximum Gasteiger partial charge on any atom is 0.323 e. The number of nitrogens with zero attached hydrogens (tertiary/aromatic N) is 1. The lowest BCUT2D eigenvalue weighted by Crippen LogP contribution is -2.44. The van der Waals surface area contributed by atoms with Crippen LogP contribution in [0.4, 0.5) is 23.2 Å². The van der Waals surface area contributed by atoms with E-state index in [1.54, 1.807) is 0 Å². The fraction of sp³-hybridized carbons (Fsp3) is 0.417. The van der Waals surface area contributed by atoms with Gasteiger partial charge in [0.05, 0.1) is 0 Å². The number of ether oxygens (including phenoxy) is 1. The van der Waals surface area contributed by atoms with Gasteiger partial charge < -0.3 is 15.8 Å². The lowest BCUT2D eigenvalue weighted by atomic mass is 10.00. The van der Waals surface area contributed by atoms with E-state index in [1.165, 1.54) is 0 Å². The Kier molecular flexibility index (Phi) is 8.92. The number of carbonyl (C=O) groups is 2. The molecule has 2 aromatic carbocycles. The molecule has 3 N–H and O–H groups in total. The van der Waals surface area contributed by atoms with Crippen LogP contribution >= 0.6 is 0 Å². The molecule has 1 amide bonds. The van der Waals surface area contributed by atoms with Gasteiger partial charge in [-0.1, -0.05) is 20.3 Å². The Morgan fingerprint density at radius 1 is 1.08 bits per heavy atom. The number of rotatable bonds is 8. The molecule has 0 aliphatic carbocycles. The van der Waals surface area contributed by atoms with E-state index in [1.807, 2.05) is 13.8 Å². The fourth-order valence-corrected chi connectivity index (χ4v) is 5.29. The predicted molar refractivity (Wildman–Crippen MR) is 126 cm³/mol. The first-order valence-corrected chi connectivity index (χ1v) is 13.0. The number of nitrogens with two attached hydrogens (primary N) is 1. The van der Waals surface area contributed by atoms with Crippen LogP contribution in [0, 0.1) is 29.2 Å². The van der Waals surface area contributed by atoms with Gasteiger partial charge in [-0.05, 0) is 37.0 Å². The van der Waals surface area contributed by atoms with Crippen LogP contribution in [-0.2, 0) is 19.6 Å². The zero-order valence-electron chi connectivity index (χ0n) is 20.1. The third-order valence-corrected chi connectivity index (χ3v) is 8.18. The topological polar surface area (TPSA) is 119 Å². The number of hydrogen-bond acceptors (Lipinski definition) is 6. The molecule has 0 aromatic heterocycles. The Balaban J connectivity index is 1.71. The summed E-state index contributed by atoms with van der Waals surface area (Å²) in [7, 11) is -4.38. The highest BCUT2D eigenvalue weighted by Crippen LogP contribution is 2.26. The van der Waals surface area contributed by atoms with Crippen molar-refractivity contribution in [3.8, 4) is 0 Å². The van der Waals surface area contributed by atoms with E-state index in [-0.39, 0.29) is 37.4 Å². The van der Waals surface area contributed by atoms with E-state index < -0.39 is 67.9 Å². The number of piperidine rings is 1. The van der Waals surface area contributed by atoms with Crippen molar-refractivity contribution >= 4 is 27.6 Å². The standard InChI is InChI=1S/C24H27F4N3O5S/c1-3-13(2)22(29)24(33)36-16-6-8-31(9-7-16)37(34,35)20-10-14(4-5-17(20)25)23(32)30-15-11-18(26)21(28)19(27)12-15/h4-5,10-13,16,22H,3,6-9,29H2,1-2H3,(H,30,32)/t13?,22-/m0/s1. The predicted octanol–water partition coefficient (Wildman–Crippen LogP) is 3.57. The van der Waals surface area contributed by atoms with Gasteiger partial charge in [0.1, 0.15) is 22.9 Å². The lowest BCUT2D eigenvalue weighted by Gasteiger charge is -2.32. The van der Waals surface area contributed by atoms with Gasteiger partial charge in [-0.15, -0.1) is 0 Å². The molecule has 1 fully saturated rings. The van der Waals surface area contributed by atoms with Crippen molar-refractivity contribution < 1.29 is 40.3 Å². The minimum Gasteiger partial charge on any atom is -0.461 e. The normalized spacial score (nSPS) is 16.7. The molecular weight excluding hydrogens is 518 g/mol. The average molecular weight is 546 g/mol. The van der Waals surface area contributed by atoms with E-state index >= 15 is 0 Å². The van der Waals surface area contributed by atoms with Gasteiger partial charge in [0.15, 0.2) is 17.5 Å². The number of hydrogen-bond donors (Lipinski definition) is 2. The first-order valence-electron chi connectivity index (χ1n) is 11.6. The third-order valence-electron chi connectivity index (χ3n) is 6.27. The Labute approximate surface area is 211 Å². The van der Waals surface area contributed by atoms with Crippen molar-refractivity contribution in [2.24, 2.45) is 11.7 Å². The number of esters is 1. The monoisotopic (exact) mass is 545 g/mol. The van der Waals surface area contributed by atoms with Crippen LogP contribution in [0.5, 0.6) is 0 Å². The molecule has 0 saturated carbocycles. The molecule has 13 heteroatoms. The van der Waals surface area contributed by atoms with Gasteiger partial charge in [-0.25, -0.2) is 26.0 Å². The molecule has 1 unspecified atom stereocenters. The van der Waals surface area contributed by atoms with E-state index in [0.717, 1.165) is 22.5 Å². The number of halogens is 4. The number of anilines is 1. The number of sulfonamides is 1. The highest BCUT2D eigenvalue weighted by atomic mass is 32.2. The van der Waals surface area contributed by atoms with Crippen LogP contribution in [0.3, 0.4) is 0 Å². The molecule has 2 aromatic rings. The summed E-state index contributed by atoms with van der Waals surface area (Å²) in [5.74, 6) is -7.54. The second-order valence-corrected chi connectivity index (χ2v) is 10.7. The highest BCUT2D eigenvalue weighted by Gasteiger charge is 2.34. The molecular formula is C24H27F4N3O5S. The number of amides is 1. The summed E-state index contributed by atoms with van der Waals surface area (Å²) >= 11 is 0. The summed E-state index contributed by atoms with van der Waals surface area (Å²) in [5, 5.41) is 2.11. The van der Waals surface area contributed by atoms with Crippen molar-refractivity contribution in [3.05, 3.63) is 59.2 Å². The first-order chi connectivity index (χ1) is 17.3. The molecule has 1 aliphatic heterocycles. The summed E-state index contributed by atoms with van der Waals surface area (Å²) in [6.07, 6.45) is 0.476. The molecule has 0 radical (unpaired) electrons. The smallest absolute Gasteiger partial charge is 0.323 e. The van der Waals surface area contributed by atoms with Crippen LogP contribution < -0.4 is 11.1 Å². The van der Waals surface area contributed by atoms with E-state index in [4.69, 9.17) is 10.5 Å². The molecule has 3 rings (SSSR count). The lowest BCUT2D eigenvalue weighted by molar-refractivity contribution is -0.153. The summed E-state index contributed by atoms with van der Waals surface area (Å²) < 4.78 is 87.2. The highest BCUT2D eigenvalue weighted by molar-refractivity contribution is 7.89. The molecule has 0 bridgehead atoms. The van der Waals surface area contributed by atoms with Crippen molar-refractivity contribution in [3.63, 3.8) is 0 Å². The van der Waals surface area contributed by atoms with Crippen molar-refractivity contribution in [1.29, 1.82) is 0 Å². The second kappa shape index (κ2) is 11.6. The van der Waals surface area contributed by atoms with E-state index in [9.17, 15) is 35.6 Å². The SMILES string of the molecule is CCC(C)[C@H](N)C(=O)OC1CCN(S(=O)(=O)c2cc(C(=O)Nc3cc(F)c(F)c(F)c3)ccc2F)CC1. The quantitative estimate of drug-likeness (QED) is 0.298. The minimum atomic E-state index is -4.38. The van der Waals surface area contributed by atoms with Gasteiger partial charge in [0.2, 0.25) is 10.0 Å². The fourth-order valence-electron chi connectivity index (χ4n) is 3.73. The van der Waals surface area contributed by atoms with Gasteiger partial charge >= 0.3 is 5.97 Å². The Bertz CT molecular complexity index is 1260. The Morgan fingerprint density at radius 3 is 2.24 bits per heavy atom. The summed E-state index contributed by atoms with van der Waals surface area (Å²) in [6.45, 7) is 3.58. The van der Waals surface area contributed by atoms with Crippen LogP contribution in [0.2, 0.25) is 0 Å². The molecule has 8 nitrogen and oxygen atoms in total. The van der Waals surface area contributed by atoms with Crippen molar-refractivity contribution in [1.82, 2.24) is 4.31 Å². The van der Waals surface area contributed by atoms with Gasteiger partial charge in [-0.3, -0.25) is 9.59 Å².